The maximum atomic E-state index is 12.5. The molecule has 1 N–H and O–H groups in total. The number of amides is 1. The summed E-state index contributed by atoms with van der Waals surface area (Å²) in [6, 6.07) is 20.7. The molecule has 0 heterocycles. The van der Waals surface area contributed by atoms with Gasteiger partial charge < -0.3 is 10.1 Å². The highest BCUT2D eigenvalue weighted by Gasteiger charge is 2.20. The summed E-state index contributed by atoms with van der Waals surface area (Å²) < 4.78 is 5.74. The third-order valence-corrected chi connectivity index (χ3v) is 4.23. The predicted molar refractivity (Wildman–Crippen MR) is 108 cm³/mol. The predicted octanol–water partition coefficient (Wildman–Crippen LogP) is 5.12. The maximum Gasteiger partial charge on any atom is 0.282 e. The first-order chi connectivity index (χ1) is 13.5. The summed E-state index contributed by atoms with van der Waals surface area (Å²) in [6.07, 6.45) is 0.756. The van der Waals surface area contributed by atoms with Crippen molar-refractivity contribution >= 4 is 28.9 Å². The first kappa shape index (κ1) is 19.4. The number of nitro benzene ring substituents is 1. The normalized spacial score (nSPS) is 10.3. The van der Waals surface area contributed by atoms with Crippen LogP contribution < -0.4 is 10.1 Å². The van der Waals surface area contributed by atoms with Crippen molar-refractivity contribution in [2.24, 2.45) is 0 Å². The van der Waals surface area contributed by atoms with E-state index in [1.54, 1.807) is 24.3 Å². The Bertz CT molecular complexity index is 993. The molecule has 0 saturated heterocycles. The van der Waals surface area contributed by atoms with Crippen molar-refractivity contribution in [1.82, 2.24) is 0 Å². The monoisotopic (exact) mass is 396 g/mol. The molecule has 28 heavy (non-hydrogen) atoms. The molecule has 3 aromatic carbocycles. The van der Waals surface area contributed by atoms with Crippen LogP contribution in [0.25, 0.3) is 0 Å². The van der Waals surface area contributed by atoms with Crippen LogP contribution in [0.4, 0.5) is 11.4 Å². The average Bonchev–Trinajstić information content (AvgIpc) is 2.69. The molecule has 0 bridgehead atoms. The smallest absolute Gasteiger partial charge is 0.282 e. The van der Waals surface area contributed by atoms with E-state index in [0.717, 1.165) is 6.42 Å². The fraction of sp³-hybridized carbons (Fsp3) is 0.0952. The fourth-order valence-electron chi connectivity index (χ4n) is 2.64. The number of nitrogens with zero attached hydrogens (tertiary/aromatic N) is 1. The second kappa shape index (κ2) is 9.01. The highest BCUT2D eigenvalue weighted by molar-refractivity contribution is 6.31. The number of carbonyl (C=O) groups excluding carboxylic acids is 1. The van der Waals surface area contributed by atoms with Crippen molar-refractivity contribution in [2.45, 2.75) is 6.42 Å². The SMILES string of the molecule is O=C(Nc1cccc(OCCc2ccccc2)c1)c1cc(Cl)ccc1[N+](=O)[O-]. The lowest BCUT2D eigenvalue weighted by Gasteiger charge is -2.10. The number of halogens is 1. The van der Waals surface area contributed by atoms with E-state index in [4.69, 9.17) is 16.3 Å². The molecule has 0 atom stereocenters. The van der Waals surface area contributed by atoms with Gasteiger partial charge in [0.15, 0.2) is 0 Å². The summed E-state index contributed by atoms with van der Waals surface area (Å²) in [5, 5.41) is 14.0. The first-order valence-electron chi connectivity index (χ1n) is 8.55. The largest absolute Gasteiger partial charge is 0.493 e. The van der Waals surface area contributed by atoms with Crippen LogP contribution in [0.2, 0.25) is 5.02 Å². The van der Waals surface area contributed by atoms with Crippen molar-refractivity contribution in [3.05, 3.63) is 99.1 Å². The molecule has 7 heteroatoms. The summed E-state index contributed by atoms with van der Waals surface area (Å²) >= 11 is 5.88. The zero-order valence-corrected chi connectivity index (χ0v) is 15.6. The van der Waals surface area contributed by atoms with Gasteiger partial charge in [-0.15, -0.1) is 0 Å². The van der Waals surface area contributed by atoms with E-state index in [1.807, 2.05) is 30.3 Å². The Morgan fingerprint density at radius 3 is 2.57 bits per heavy atom. The molecule has 0 spiro atoms. The van der Waals surface area contributed by atoms with Crippen LogP contribution in [-0.2, 0) is 6.42 Å². The number of nitrogens with one attached hydrogen (secondary N) is 1. The first-order valence-corrected chi connectivity index (χ1v) is 8.93. The topological polar surface area (TPSA) is 81.5 Å². The Labute approximate surface area is 166 Å². The van der Waals surface area contributed by atoms with Gasteiger partial charge in [-0.1, -0.05) is 48.0 Å². The quantitative estimate of drug-likeness (QED) is 0.443. The van der Waals surface area contributed by atoms with Crippen LogP contribution in [0.3, 0.4) is 0 Å². The zero-order chi connectivity index (χ0) is 19.9. The summed E-state index contributed by atoms with van der Waals surface area (Å²) in [7, 11) is 0. The van der Waals surface area contributed by atoms with Gasteiger partial charge in [0.25, 0.3) is 11.6 Å². The van der Waals surface area contributed by atoms with Crippen molar-refractivity contribution in [2.75, 3.05) is 11.9 Å². The lowest BCUT2D eigenvalue weighted by atomic mass is 10.1. The fourth-order valence-corrected chi connectivity index (χ4v) is 2.81. The molecule has 6 nitrogen and oxygen atoms in total. The Hall–Kier alpha value is -3.38. The van der Waals surface area contributed by atoms with Crippen LogP contribution in [0.15, 0.2) is 72.8 Å². The lowest BCUT2D eigenvalue weighted by Crippen LogP contribution is -2.14. The molecule has 0 unspecified atom stereocenters. The minimum Gasteiger partial charge on any atom is -0.493 e. The molecule has 3 rings (SSSR count). The van der Waals surface area contributed by atoms with Crippen LogP contribution in [0, 0.1) is 10.1 Å². The lowest BCUT2D eigenvalue weighted by molar-refractivity contribution is -0.385. The van der Waals surface area contributed by atoms with E-state index in [-0.39, 0.29) is 16.3 Å². The Balaban J connectivity index is 1.67. The molecular weight excluding hydrogens is 380 g/mol. The Kier molecular flexibility index (Phi) is 6.24. The number of hydrogen-bond acceptors (Lipinski definition) is 4. The summed E-state index contributed by atoms with van der Waals surface area (Å²) in [4.78, 5) is 23.0. The van der Waals surface area contributed by atoms with Gasteiger partial charge in [-0.05, 0) is 29.8 Å². The Morgan fingerprint density at radius 2 is 1.82 bits per heavy atom. The van der Waals surface area contributed by atoms with E-state index in [2.05, 4.69) is 5.32 Å². The van der Waals surface area contributed by atoms with Gasteiger partial charge >= 0.3 is 0 Å². The van der Waals surface area contributed by atoms with Crippen LogP contribution in [0.1, 0.15) is 15.9 Å². The number of rotatable bonds is 7. The molecule has 0 saturated carbocycles. The van der Waals surface area contributed by atoms with Crippen LogP contribution >= 0.6 is 11.6 Å². The van der Waals surface area contributed by atoms with Gasteiger partial charge in [0.1, 0.15) is 11.3 Å². The second-order valence-corrected chi connectivity index (χ2v) is 6.42. The van der Waals surface area contributed by atoms with Gasteiger partial charge in [0.2, 0.25) is 0 Å². The molecule has 0 fully saturated rings. The zero-order valence-electron chi connectivity index (χ0n) is 14.8. The number of ether oxygens (including phenoxy) is 1. The van der Waals surface area contributed by atoms with Crippen molar-refractivity contribution in [1.29, 1.82) is 0 Å². The van der Waals surface area contributed by atoms with E-state index >= 15 is 0 Å². The molecular formula is C21H17ClN2O4. The molecule has 0 aliphatic carbocycles. The highest BCUT2D eigenvalue weighted by Crippen LogP contribution is 2.25. The van der Waals surface area contributed by atoms with Gasteiger partial charge in [0, 0.05) is 29.3 Å². The van der Waals surface area contributed by atoms with Crippen LogP contribution in [-0.4, -0.2) is 17.4 Å². The van der Waals surface area contributed by atoms with E-state index in [9.17, 15) is 14.9 Å². The second-order valence-electron chi connectivity index (χ2n) is 5.98. The molecule has 142 valence electrons. The molecule has 1 amide bonds. The van der Waals surface area contributed by atoms with Gasteiger partial charge in [-0.25, -0.2) is 0 Å². The van der Waals surface area contributed by atoms with E-state index in [1.165, 1.54) is 23.8 Å². The van der Waals surface area contributed by atoms with Gasteiger partial charge in [-0.3, -0.25) is 14.9 Å². The van der Waals surface area contributed by atoms with Crippen molar-refractivity contribution < 1.29 is 14.5 Å². The number of hydrogen-bond donors (Lipinski definition) is 1. The molecule has 0 aliphatic heterocycles. The summed E-state index contributed by atoms with van der Waals surface area (Å²) in [5.41, 5.74) is 1.22. The van der Waals surface area contributed by atoms with Gasteiger partial charge in [-0.2, -0.15) is 0 Å². The van der Waals surface area contributed by atoms with Crippen molar-refractivity contribution in [3.8, 4) is 5.75 Å². The number of benzene rings is 3. The highest BCUT2D eigenvalue weighted by atomic mass is 35.5. The molecule has 3 aromatic rings. The van der Waals surface area contributed by atoms with E-state index < -0.39 is 10.8 Å². The van der Waals surface area contributed by atoms with Crippen molar-refractivity contribution in [3.63, 3.8) is 0 Å². The van der Waals surface area contributed by atoms with Gasteiger partial charge in [0.05, 0.1) is 11.5 Å². The maximum absolute atomic E-state index is 12.5. The molecule has 0 aliphatic rings. The number of carbonyl (C=O) groups is 1. The third-order valence-electron chi connectivity index (χ3n) is 3.99. The van der Waals surface area contributed by atoms with E-state index in [0.29, 0.717) is 18.0 Å². The number of nitro groups is 1. The van der Waals surface area contributed by atoms with Crippen LogP contribution in [0.5, 0.6) is 5.75 Å². The molecule has 0 aromatic heterocycles. The Morgan fingerprint density at radius 1 is 1.04 bits per heavy atom. The third kappa shape index (κ3) is 5.08. The standard InChI is InChI=1S/C21H17ClN2O4/c22-16-9-10-20(24(26)27)19(13-16)21(25)23-17-7-4-8-18(14-17)28-12-11-15-5-2-1-3-6-15/h1-10,13-14H,11-12H2,(H,23,25). The summed E-state index contributed by atoms with van der Waals surface area (Å²) in [5.74, 6) is -0.0232. The summed E-state index contributed by atoms with van der Waals surface area (Å²) in [6.45, 7) is 0.487. The number of anilines is 1. The minimum atomic E-state index is -0.617. The molecule has 0 radical (unpaired) electrons. The minimum absolute atomic E-state index is 0.104. The average molecular weight is 397 g/mol.